The number of rotatable bonds is 2. The topological polar surface area (TPSA) is 79.5 Å². The van der Waals surface area contributed by atoms with Crippen molar-refractivity contribution in [1.82, 2.24) is 4.98 Å². The summed E-state index contributed by atoms with van der Waals surface area (Å²) in [4.78, 5) is 17.3. The number of carbonyl (C=O) groups excluding carboxylic acids is 1. The molecule has 1 amide bonds. The van der Waals surface area contributed by atoms with Gasteiger partial charge in [-0.2, -0.15) is 0 Å². The summed E-state index contributed by atoms with van der Waals surface area (Å²) in [5.74, 6) is 0.262. The van der Waals surface area contributed by atoms with Crippen molar-refractivity contribution in [2.75, 3.05) is 18.0 Å². The number of aliphatic hydroxyl groups is 1. The lowest BCUT2D eigenvalue weighted by Gasteiger charge is -2.18. The van der Waals surface area contributed by atoms with Gasteiger partial charge in [-0.1, -0.05) is 6.92 Å². The van der Waals surface area contributed by atoms with E-state index in [0.29, 0.717) is 24.5 Å². The molecule has 1 aromatic heterocycles. The minimum atomic E-state index is -0.489. The van der Waals surface area contributed by atoms with Gasteiger partial charge in [-0.25, -0.2) is 4.98 Å². The highest BCUT2D eigenvalue weighted by Crippen LogP contribution is 2.24. The Bertz CT molecular complexity index is 398. The minimum absolute atomic E-state index is 0.183. The Morgan fingerprint density at radius 2 is 2.38 bits per heavy atom. The summed E-state index contributed by atoms with van der Waals surface area (Å²) in [6.45, 7) is 3.16. The van der Waals surface area contributed by atoms with Crippen LogP contribution in [-0.4, -0.2) is 35.2 Å². The quantitative estimate of drug-likeness (QED) is 0.736. The predicted molar refractivity (Wildman–Crippen MR) is 60.1 cm³/mol. The Morgan fingerprint density at radius 3 is 2.94 bits per heavy atom. The molecular formula is C11H15N3O2. The number of nitrogens with two attached hydrogens (primary N) is 1. The van der Waals surface area contributed by atoms with Crippen LogP contribution in [0.25, 0.3) is 0 Å². The number of nitrogens with zero attached hydrogens (tertiary/aromatic N) is 2. The van der Waals surface area contributed by atoms with Gasteiger partial charge in [-0.15, -0.1) is 0 Å². The summed E-state index contributed by atoms with van der Waals surface area (Å²) in [5.41, 5.74) is 5.69. The van der Waals surface area contributed by atoms with Crippen molar-refractivity contribution in [1.29, 1.82) is 0 Å². The van der Waals surface area contributed by atoms with Crippen LogP contribution < -0.4 is 10.6 Å². The first-order chi connectivity index (χ1) is 7.59. The van der Waals surface area contributed by atoms with E-state index in [4.69, 9.17) is 5.73 Å². The van der Waals surface area contributed by atoms with Gasteiger partial charge in [0.15, 0.2) is 0 Å². The lowest BCUT2D eigenvalue weighted by Crippen LogP contribution is -2.26. The SMILES string of the molecule is C[C@H]1CN(c2ncccc2C(N)=O)C[C@H]1O. The van der Waals surface area contributed by atoms with Gasteiger partial charge in [0.25, 0.3) is 5.91 Å². The van der Waals surface area contributed by atoms with E-state index in [1.54, 1.807) is 18.3 Å². The van der Waals surface area contributed by atoms with Crippen LogP contribution >= 0.6 is 0 Å². The number of aromatic nitrogens is 1. The standard InChI is InChI=1S/C11H15N3O2/c1-7-5-14(6-9(7)15)11-8(10(12)16)3-2-4-13-11/h2-4,7,9,15H,5-6H2,1H3,(H2,12,16)/t7-,9+/m0/s1. The van der Waals surface area contributed by atoms with E-state index in [2.05, 4.69) is 4.98 Å². The monoisotopic (exact) mass is 221 g/mol. The molecule has 0 radical (unpaired) electrons. The van der Waals surface area contributed by atoms with E-state index in [-0.39, 0.29) is 12.0 Å². The molecular weight excluding hydrogens is 206 g/mol. The van der Waals surface area contributed by atoms with Gasteiger partial charge in [0.05, 0.1) is 11.7 Å². The Hall–Kier alpha value is -1.62. The zero-order chi connectivity index (χ0) is 11.7. The maximum absolute atomic E-state index is 11.2. The molecule has 1 saturated heterocycles. The second kappa shape index (κ2) is 4.09. The summed E-state index contributed by atoms with van der Waals surface area (Å²) < 4.78 is 0. The van der Waals surface area contributed by atoms with E-state index in [1.807, 2.05) is 11.8 Å². The number of primary amides is 1. The van der Waals surface area contributed by atoms with Crippen molar-refractivity contribution in [3.05, 3.63) is 23.9 Å². The smallest absolute Gasteiger partial charge is 0.252 e. The highest BCUT2D eigenvalue weighted by atomic mass is 16.3. The molecule has 1 aliphatic rings. The number of carbonyl (C=O) groups is 1. The number of aliphatic hydroxyl groups excluding tert-OH is 1. The van der Waals surface area contributed by atoms with Crippen LogP contribution in [0.4, 0.5) is 5.82 Å². The maximum atomic E-state index is 11.2. The van der Waals surface area contributed by atoms with Gasteiger partial charge >= 0.3 is 0 Å². The molecule has 3 N–H and O–H groups in total. The average molecular weight is 221 g/mol. The highest BCUT2D eigenvalue weighted by Gasteiger charge is 2.30. The van der Waals surface area contributed by atoms with Crippen molar-refractivity contribution in [2.24, 2.45) is 11.7 Å². The minimum Gasteiger partial charge on any atom is -0.391 e. The molecule has 2 rings (SSSR count). The largest absolute Gasteiger partial charge is 0.391 e. The molecule has 0 saturated carbocycles. The number of amides is 1. The summed E-state index contributed by atoms with van der Waals surface area (Å²) in [6.07, 6.45) is 1.25. The Labute approximate surface area is 93.9 Å². The van der Waals surface area contributed by atoms with Crippen LogP contribution in [0.2, 0.25) is 0 Å². The summed E-state index contributed by atoms with van der Waals surface area (Å²) >= 11 is 0. The van der Waals surface area contributed by atoms with Crippen LogP contribution in [0.1, 0.15) is 17.3 Å². The van der Waals surface area contributed by atoms with Gasteiger partial charge in [-0.3, -0.25) is 4.79 Å². The fraction of sp³-hybridized carbons (Fsp3) is 0.455. The molecule has 2 atom stereocenters. The first-order valence-corrected chi connectivity index (χ1v) is 5.27. The highest BCUT2D eigenvalue weighted by molar-refractivity contribution is 5.97. The summed E-state index contributed by atoms with van der Waals surface area (Å²) in [6, 6.07) is 3.33. The molecule has 86 valence electrons. The normalized spacial score (nSPS) is 24.8. The first-order valence-electron chi connectivity index (χ1n) is 5.27. The third-order valence-electron chi connectivity index (χ3n) is 2.92. The van der Waals surface area contributed by atoms with Gasteiger partial charge < -0.3 is 15.7 Å². The molecule has 1 aromatic rings. The predicted octanol–water partition coefficient (Wildman–Crippen LogP) is -0.00250. The second-order valence-electron chi connectivity index (χ2n) is 4.19. The van der Waals surface area contributed by atoms with Crippen molar-refractivity contribution < 1.29 is 9.90 Å². The molecule has 1 aliphatic heterocycles. The Balaban J connectivity index is 2.31. The van der Waals surface area contributed by atoms with Crippen LogP contribution in [0.15, 0.2) is 18.3 Å². The van der Waals surface area contributed by atoms with E-state index < -0.39 is 5.91 Å². The second-order valence-corrected chi connectivity index (χ2v) is 4.19. The van der Waals surface area contributed by atoms with E-state index in [1.165, 1.54) is 0 Å². The lowest BCUT2D eigenvalue weighted by atomic mass is 10.1. The number of β-amino-alcohol motifs (C(OH)–C–C–N with tert-alkyl or cyclic N) is 1. The van der Waals surface area contributed by atoms with Crippen LogP contribution in [0, 0.1) is 5.92 Å². The third kappa shape index (κ3) is 1.86. The van der Waals surface area contributed by atoms with Crippen LogP contribution in [0.5, 0.6) is 0 Å². The molecule has 5 nitrogen and oxygen atoms in total. The van der Waals surface area contributed by atoms with Crippen LogP contribution in [0.3, 0.4) is 0 Å². The first kappa shape index (κ1) is 10.9. The van der Waals surface area contributed by atoms with Crippen molar-refractivity contribution >= 4 is 11.7 Å². The zero-order valence-electron chi connectivity index (χ0n) is 9.13. The number of hydrogen-bond donors (Lipinski definition) is 2. The van der Waals surface area contributed by atoms with Gasteiger partial charge in [-0.05, 0) is 12.1 Å². The Kier molecular flexibility index (Phi) is 2.78. The molecule has 0 spiro atoms. The van der Waals surface area contributed by atoms with Gasteiger partial charge in [0.2, 0.25) is 0 Å². The molecule has 0 unspecified atom stereocenters. The lowest BCUT2D eigenvalue weighted by molar-refractivity contribution is 0.100. The molecule has 0 bridgehead atoms. The van der Waals surface area contributed by atoms with Crippen molar-refractivity contribution in [3.63, 3.8) is 0 Å². The number of pyridine rings is 1. The van der Waals surface area contributed by atoms with E-state index in [9.17, 15) is 9.90 Å². The number of hydrogen-bond acceptors (Lipinski definition) is 4. The summed E-state index contributed by atoms with van der Waals surface area (Å²) in [5, 5.41) is 9.67. The summed E-state index contributed by atoms with van der Waals surface area (Å²) in [7, 11) is 0. The molecule has 5 heteroatoms. The molecule has 0 aromatic carbocycles. The fourth-order valence-electron chi connectivity index (χ4n) is 1.96. The molecule has 16 heavy (non-hydrogen) atoms. The third-order valence-corrected chi connectivity index (χ3v) is 2.92. The zero-order valence-corrected chi connectivity index (χ0v) is 9.13. The molecule has 2 heterocycles. The molecule has 1 fully saturated rings. The maximum Gasteiger partial charge on any atom is 0.252 e. The van der Waals surface area contributed by atoms with Crippen molar-refractivity contribution in [2.45, 2.75) is 13.0 Å². The van der Waals surface area contributed by atoms with E-state index >= 15 is 0 Å². The number of anilines is 1. The van der Waals surface area contributed by atoms with Crippen molar-refractivity contribution in [3.8, 4) is 0 Å². The fourth-order valence-corrected chi connectivity index (χ4v) is 1.96. The van der Waals surface area contributed by atoms with Crippen LogP contribution in [-0.2, 0) is 0 Å². The average Bonchev–Trinajstić information content (AvgIpc) is 2.59. The van der Waals surface area contributed by atoms with E-state index in [0.717, 1.165) is 0 Å². The Morgan fingerprint density at radius 1 is 1.62 bits per heavy atom. The molecule has 0 aliphatic carbocycles. The van der Waals surface area contributed by atoms with Gasteiger partial charge in [0.1, 0.15) is 5.82 Å². The van der Waals surface area contributed by atoms with Gasteiger partial charge in [0, 0.05) is 25.2 Å².